The molecule has 3 rings (SSSR count). The first-order chi connectivity index (χ1) is 13.0. The summed E-state index contributed by atoms with van der Waals surface area (Å²) in [6, 6.07) is 17.4. The van der Waals surface area contributed by atoms with Crippen LogP contribution < -0.4 is 9.62 Å². The van der Waals surface area contributed by atoms with Crippen LogP contribution in [0.3, 0.4) is 0 Å². The van der Waals surface area contributed by atoms with E-state index in [1.165, 1.54) is 15.9 Å². The van der Waals surface area contributed by atoms with Crippen LogP contribution >= 0.6 is 0 Å². The molecule has 0 aromatic heterocycles. The van der Waals surface area contributed by atoms with Gasteiger partial charge in [-0.25, -0.2) is 8.42 Å². The second kappa shape index (κ2) is 8.86. The SMILES string of the molecule is O=C(/C=C/c1ccc(N2CCCS2(=O)=O)cc1)NCCCc1ccccc1. The smallest absolute Gasteiger partial charge is 0.243 e. The van der Waals surface area contributed by atoms with Gasteiger partial charge in [0.25, 0.3) is 0 Å². The Morgan fingerprint density at radius 1 is 1.07 bits per heavy atom. The van der Waals surface area contributed by atoms with Crippen LogP contribution in [0.1, 0.15) is 24.0 Å². The largest absolute Gasteiger partial charge is 0.353 e. The molecule has 5 nitrogen and oxygen atoms in total. The third-order valence-corrected chi connectivity index (χ3v) is 6.36. The molecule has 0 spiro atoms. The Balaban J connectivity index is 1.45. The summed E-state index contributed by atoms with van der Waals surface area (Å²) in [5.41, 5.74) is 2.80. The molecule has 1 saturated heterocycles. The van der Waals surface area contributed by atoms with Crippen molar-refractivity contribution in [3.05, 3.63) is 71.8 Å². The monoisotopic (exact) mass is 384 g/mol. The number of amides is 1. The lowest BCUT2D eigenvalue weighted by Crippen LogP contribution is -2.24. The molecule has 0 saturated carbocycles. The van der Waals surface area contributed by atoms with E-state index in [4.69, 9.17) is 0 Å². The Labute approximate surface area is 160 Å². The lowest BCUT2D eigenvalue weighted by molar-refractivity contribution is -0.116. The number of hydrogen-bond donors (Lipinski definition) is 1. The molecule has 142 valence electrons. The number of sulfonamides is 1. The molecule has 27 heavy (non-hydrogen) atoms. The molecule has 1 aliphatic heterocycles. The van der Waals surface area contributed by atoms with Crippen molar-refractivity contribution in [3.8, 4) is 0 Å². The summed E-state index contributed by atoms with van der Waals surface area (Å²) in [6.45, 7) is 1.16. The van der Waals surface area contributed by atoms with Gasteiger partial charge in [-0.1, -0.05) is 42.5 Å². The number of nitrogens with one attached hydrogen (secondary N) is 1. The van der Waals surface area contributed by atoms with Gasteiger partial charge in [0, 0.05) is 19.2 Å². The Morgan fingerprint density at radius 2 is 1.81 bits per heavy atom. The molecule has 1 aliphatic rings. The molecule has 0 atom stereocenters. The zero-order valence-electron chi connectivity index (χ0n) is 15.2. The molecule has 0 radical (unpaired) electrons. The Bertz CT molecular complexity index is 891. The average molecular weight is 385 g/mol. The fourth-order valence-corrected chi connectivity index (χ4v) is 4.63. The summed E-state index contributed by atoms with van der Waals surface area (Å²) in [6.07, 6.45) is 5.72. The van der Waals surface area contributed by atoms with Gasteiger partial charge in [0.2, 0.25) is 15.9 Å². The highest BCUT2D eigenvalue weighted by atomic mass is 32.2. The number of nitrogens with zero attached hydrogens (tertiary/aromatic N) is 1. The van der Waals surface area contributed by atoms with E-state index in [0.717, 1.165) is 18.4 Å². The van der Waals surface area contributed by atoms with Crippen molar-refractivity contribution in [1.82, 2.24) is 5.32 Å². The maximum absolute atomic E-state index is 11.9. The number of hydrogen-bond acceptors (Lipinski definition) is 3. The van der Waals surface area contributed by atoms with Gasteiger partial charge in [-0.15, -0.1) is 0 Å². The summed E-state index contributed by atoms with van der Waals surface area (Å²) in [4.78, 5) is 11.9. The highest BCUT2D eigenvalue weighted by Crippen LogP contribution is 2.24. The molecule has 1 amide bonds. The molecule has 1 heterocycles. The predicted molar refractivity (Wildman–Crippen MR) is 109 cm³/mol. The van der Waals surface area contributed by atoms with Gasteiger partial charge in [-0.2, -0.15) is 0 Å². The molecule has 0 bridgehead atoms. The zero-order chi connectivity index (χ0) is 19.1. The van der Waals surface area contributed by atoms with Crippen molar-refractivity contribution in [3.63, 3.8) is 0 Å². The highest BCUT2D eigenvalue weighted by molar-refractivity contribution is 7.93. The van der Waals surface area contributed by atoms with Crippen molar-refractivity contribution < 1.29 is 13.2 Å². The van der Waals surface area contributed by atoms with E-state index in [1.54, 1.807) is 18.2 Å². The van der Waals surface area contributed by atoms with Gasteiger partial charge >= 0.3 is 0 Å². The first kappa shape index (κ1) is 19.2. The fraction of sp³-hybridized carbons (Fsp3) is 0.286. The average Bonchev–Trinajstić information content (AvgIpc) is 3.04. The number of carbonyl (C=O) groups excluding carboxylic acids is 1. The van der Waals surface area contributed by atoms with E-state index in [9.17, 15) is 13.2 Å². The van der Waals surface area contributed by atoms with Crippen molar-refractivity contribution in [2.45, 2.75) is 19.3 Å². The van der Waals surface area contributed by atoms with Gasteiger partial charge in [0.05, 0.1) is 11.4 Å². The van der Waals surface area contributed by atoms with Crippen LogP contribution in [0.25, 0.3) is 6.08 Å². The summed E-state index contributed by atoms with van der Waals surface area (Å²) in [5.74, 6) is 0.0771. The van der Waals surface area contributed by atoms with Crippen molar-refractivity contribution in [2.75, 3.05) is 23.1 Å². The normalized spacial score (nSPS) is 15.9. The number of benzene rings is 2. The number of rotatable bonds is 7. The first-order valence-electron chi connectivity index (χ1n) is 9.15. The van der Waals surface area contributed by atoms with Crippen molar-refractivity contribution in [2.24, 2.45) is 0 Å². The van der Waals surface area contributed by atoms with E-state index in [0.29, 0.717) is 25.2 Å². The molecular formula is C21H24N2O3S. The van der Waals surface area contributed by atoms with Gasteiger partial charge in [0.1, 0.15) is 0 Å². The summed E-state index contributed by atoms with van der Waals surface area (Å²) in [5, 5.41) is 2.88. The van der Waals surface area contributed by atoms with Crippen LogP contribution in [-0.4, -0.2) is 33.2 Å². The molecule has 0 unspecified atom stereocenters. The number of aryl methyl sites for hydroxylation is 1. The lowest BCUT2D eigenvalue weighted by atomic mass is 10.1. The molecule has 1 N–H and O–H groups in total. The maximum Gasteiger partial charge on any atom is 0.243 e. The molecule has 2 aromatic rings. The highest BCUT2D eigenvalue weighted by Gasteiger charge is 2.28. The Kier molecular flexibility index (Phi) is 6.29. The van der Waals surface area contributed by atoms with E-state index >= 15 is 0 Å². The molecule has 1 fully saturated rings. The van der Waals surface area contributed by atoms with Gasteiger partial charge < -0.3 is 5.32 Å². The van der Waals surface area contributed by atoms with Crippen LogP contribution in [0, 0.1) is 0 Å². The zero-order valence-corrected chi connectivity index (χ0v) is 16.0. The topological polar surface area (TPSA) is 66.5 Å². The molecular weight excluding hydrogens is 360 g/mol. The second-order valence-electron chi connectivity index (χ2n) is 6.55. The minimum absolute atomic E-state index is 0.130. The third kappa shape index (κ3) is 5.44. The van der Waals surface area contributed by atoms with E-state index in [2.05, 4.69) is 17.4 Å². The first-order valence-corrected chi connectivity index (χ1v) is 10.8. The van der Waals surface area contributed by atoms with Crippen LogP contribution in [0.15, 0.2) is 60.7 Å². The van der Waals surface area contributed by atoms with Gasteiger partial charge in [-0.3, -0.25) is 9.10 Å². The standard InChI is InChI=1S/C21H24N2O3S/c24-21(22-15-4-8-18-6-2-1-3-7-18)14-11-19-9-12-20(13-10-19)23-16-5-17-27(23,25)26/h1-3,6-7,9-14H,4-5,8,15-17H2,(H,22,24)/b14-11+. The summed E-state index contributed by atoms with van der Waals surface area (Å²) >= 11 is 0. The second-order valence-corrected chi connectivity index (χ2v) is 8.56. The minimum atomic E-state index is -3.16. The van der Waals surface area contributed by atoms with Crippen molar-refractivity contribution >= 4 is 27.7 Å². The fourth-order valence-electron chi connectivity index (χ4n) is 3.06. The minimum Gasteiger partial charge on any atom is -0.353 e. The summed E-state index contributed by atoms with van der Waals surface area (Å²) in [7, 11) is -3.16. The Hall–Kier alpha value is -2.60. The van der Waals surface area contributed by atoms with E-state index < -0.39 is 10.0 Å². The van der Waals surface area contributed by atoms with Gasteiger partial charge in [-0.05, 0) is 48.6 Å². The lowest BCUT2D eigenvalue weighted by Gasteiger charge is -2.16. The number of carbonyl (C=O) groups is 1. The van der Waals surface area contributed by atoms with Crippen molar-refractivity contribution in [1.29, 1.82) is 0 Å². The van der Waals surface area contributed by atoms with E-state index in [-0.39, 0.29) is 11.7 Å². The van der Waals surface area contributed by atoms with Crippen LogP contribution in [0.5, 0.6) is 0 Å². The van der Waals surface area contributed by atoms with E-state index in [1.807, 2.05) is 30.3 Å². The maximum atomic E-state index is 11.9. The molecule has 2 aromatic carbocycles. The van der Waals surface area contributed by atoms with Crippen LogP contribution in [-0.2, 0) is 21.2 Å². The van der Waals surface area contributed by atoms with Crippen LogP contribution in [0.2, 0.25) is 0 Å². The predicted octanol–water partition coefficient (Wildman–Crippen LogP) is 2.99. The third-order valence-electron chi connectivity index (χ3n) is 4.49. The quantitative estimate of drug-likeness (QED) is 0.589. The van der Waals surface area contributed by atoms with Gasteiger partial charge in [0.15, 0.2) is 0 Å². The van der Waals surface area contributed by atoms with Crippen LogP contribution in [0.4, 0.5) is 5.69 Å². The number of anilines is 1. The molecule has 0 aliphatic carbocycles. The molecule has 6 heteroatoms. The Morgan fingerprint density at radius 3 is 2.48 bits per heavy atom. The summed E-state index contributed by atoms with van der Waals surface area (Å²) < 4.78 is 25.3.